The van der Waals surface area contributed by atoms with Gasteiger partial charge in [-0.25, -0.2) is 0 Å². The van der Waals surface area contributed by atoms with E-state index in [1.54, 1.807) is 36.6 Å². The van der Waals surface area contributed by atoms with E-state index in [9.17, 15) is 9.90 Å². The van der Waals surface area contributed by atoms with Gasteiger partial charge in [-0.3, -0.25) is 14.6 Å². The van der Waals surface area contributed by atoms with Crippen molar-refractivity contribution < 1.29 is 14.6 Å². The highest BCUT2D eigenvalue weighted by Gasteiger charge is 2.32. The van der Waals surface area contributed by atoms with E-state index in [0.717, 1.165) is 19.6 Å². The summed E-state index contributed by atoms with van der Waals surface area (Å²) in [6.45, 7) is 3.97. The molecule has 2 aromatic rings. The second kappa shape index (κ2) is 8.19. The van der Waals surface area contributed by atoms with E-state index in [2.05, 4.69) is 21.7 Å². The first-order chi connectivity index (χ1) is 12.1. The largest absolute Gasteiger partial charge is 0.496 e. The van der Waals surface area contributed by atoms with Gasteiger partial charge in [0.1, 0.15) is 11.8 Å². The van der Waals surface area contributed by atoms with Crippen LogP contribution in [0.5, 0.6) is 5.75 Å². The number of rotatable bonds is 6. The molecule has 1 fully saturated rings. The molecule has 7 heteroatoms. The van der Waals surface area contributed by atoms with Gasteiger partial charge < -0.3 is 9.84 Å². The van der Waals surface area contributed by atoms with Gasteiger partial charge in [-0.15, -0.1) is 0 Å². The van der Waals surface area contributed by atoms with Gasteiger partial charge in [0.2, 0.25) is 0 Å². The van der Waals surface area contributed by atoms with Gasteiger partial charge in [0.05, 0.1) is 7.11 Å². The van der Waals surface area contributed by atoms with Gasteiger partial charge in [0, 0.05) is 43.3 Å². The number of carbonyl (C=O) groups is 1. The Balaban J connectivity index is 1.72. The molecular formula is C18H21ClN2O3S. The predicted octanol–water partition coefficient (Wildman–Crippen LogP) is 3.35. The van der Waals surface area contributed by atoms with Crippen LogP contribution < -0.4 is 4.74 Å². The van der Waals surface area contributed by atoms with Crippen molar-refractivity contribution >= 4 is 28.9 Å². The number of carboxylic acids is 1. The van der Waals surface area contributed by atoms with E-state index in [1.165, 1.54) is 5.56 Å². The molecule has 0 spiro atoms. The number of ether oxygens (including phenoxy) is 1. The van der Waals surface area contributed by atoms with Gasteiger partial charge >= 0.3 is 5.97 Å². The standard InChI is InChI=1S/C18H21ClN2O3S/c1-24-16-3-2-14(19)10-15(16)17(18(22)23)21-7-5-20(6-8-21)11-13-4-9-25-12-13/h2-4,9-10,12,17H,5-8,11H2,1H3,(H,22,23)/t17-/m0/s1. The SMILES string of the molecule is COc1ccc(Cl)cc1[C@@H](C(=O)O)N1CCN(Cc2ccsc2)CC1. The van der Waals surface area contributed by atoms with Crippen LogP contribution in [0.4, 0.5) is 0 Å². The maximum atomic E-state index is 12.0. The van der Waals surface area contributed by atoms with Crippen molar-refractivity contribution in [2.24, 2.45) is 0 Å². The quantitative estimate of drug-likeness (QED) is 0.832. The molecule has 3 rings (SSSR count). The minimum absolute atomic E-state index is 0.512. The summed E-state index contributed by atoms with van der Waals surface area (Å²) in [5.41, 5.74) is 1.92. The molecular weight excluding hydrogens is 360 g/mol. The number of hydrogen-bond acceptors (Lipinski definition) is 5. The highest BCUT2D eigenvalue weighted by molar-refractivity contribution is 7.07. The normalized spacial score (nSPS) is 17.4. The first-order valence-electron chi connectivity index (χ1n) is 8.12. The van der Waals surface area contributed by atoms with Crippen LogP contribution in [0.25, 0.3) is 0 Å². The van der Waals surface area contributed by atoms with Crippen molar-refractivity contribution in [2.75, 3.05) is 33.3 Å². The van der Waals surface area contributed by atoms with Gasteiger partial charge in [-0.2, -0.15) is 11.3 Å². The molecule has 1 N–H and O–H groups in total. The molecule has 1 aliphatic rings. The van der Waals surface area contributed by atoms with Crippen molar-refractivity contribution in [3.63, 3.8) is 0 Å². The third-order valence-electron chi connectivity index (χ3n) is 4.48. The molecule has 1 atom stereocenters. The van der Waals surface area contributed by atoms with Crippen molar-refractivity contribution in [3.8, 4) is 5.75 Å². The summed E-state index contributed by atoms with van der Waals surface area (Å²) in [5, 5.41) is 14.6. The summed E-state index contributed by atoms with van der Waals surface area (Å²) in [5.74, 6) is -0.329. The number of hydrogen-bond donors (Lipinski definition) is 1. The number of benzene rings is 1. The van der Waals surface area contributed by atoms with Gasteiger partial charge in [0.25, 0.3) is 0 Å². The molecule has 0 bridgehead atoms. The van der Waals surface area contributed by atoms with Crippen LogP contribution in [0, 0.1) is 0 Å². The number of methoxy groups -OCH3 is 1. The third kappa shape index (κ3) is 4.33. The lowest BCUT2D eigenvalue weighted by molar-refractivity contribution is -0.144. The highest BCUT2D eigenvalue weighted by atomic mass is 35.5. The molecule has 5 nitrogen and oxygen atoms in total. The Morgan fingerprint density at radius 2 is 2.08 bits per heavy atom. The van der Waals surface area contributed by atoms with E-state index in [0.29, 0.717) is 29.4 Å². The Morgan fingerprint density at radius 1 is 1.32 bits per heavy atom. The average molecular weight is 381 g/mol. The summed E-state index contributed by atoms with van der Waals surface area (Å²) in [7, 11) is 1.55. The van der Waals surface area contributed by atoms with E-state index < -0.39 is 12.0 Å². The smallest absolute Gasteiger partial charge is 0.325 e. The fourth-order valence-corrected chi connectivity index (χ4v) is 4.07. The zero-order valence-electron chi connectivity index (χ0n) is 14.0. The number of piperazine rings is 1. The minimum atomic E-state index is -0.883. The number of aliphatic carboxylic acids is 1. The Bertz CT molecular complexity index is 715. The van der Waals surface area contributed by atoms with Crippen LogP contribution in [-0.4, -0.2) is 54.2 Å². The first kappa shape index (κ1) is 18.2. The van der Waals surface area contributed by atoms with Gasteiger partial charge in [-0.1, -0.05) is 11.6 Å². The zero-order chi connectivity index (χ0) is 17.8. The average Bonchev–Trinajstić information content (AvgIpc) is 3.10. The first-order valence-corrected chi connectivity index (χ1v) is 9.44. The van der Waals surface area contributed by atoms with E-state index in [-0.39, 0.29) is 0 Å². The molecule has 1 aliphatic heterocycles. The molecule has 0 unspecified atom stereocenters. The lowest BCUT2D eigenvalue weighted by Gasteiger charge is -2.38. The summed E-state index contributed by atoms with van der Waals surface area (Å²) < 4.78 is 5.36. The number of halogens is 1. The third-order valence-corrected chi connectivity index (χ3v) is 5.45. The molecule has 1 aromatic heterocycles. The second-order valence-corrected chi connectivity index (χ2v) is 7.29. The Labute approximate surface area is 156 Å². The topological polar surface area (TPSA) is 53.0 Å². The fraction of sp³-hybridized carbons (Fsp3) is 0.389. The van der Waals surface area contributed by atoms with Crippen molar-refractivity contribution in [3.05, 3.63) is 51.2 Å². The van der Waals surface area contributed by atoms with Crippen molar-refractivity contribution in [1.29, 1.82) is 0 Å². The lowest BCUT2D eigenvalue weighted by atomic mass is 10.0. The molecule has 1 aromatic carbocycles. The van der Waals surface area contributed by atoms with E-state index in [4.69, 9.17) is 16.3 Å². The monoisotopic (exact) mass is 380 g/mol. The van der Waals surface area contributed by atoms with Crippen molar-refractivity contribution in [1.82, 2.24) is 9.80 Å². The number of nitrogens with zero attached hydrogens (tertiary/aromatic N) is 2. The van der Waals surface area contributed by atoms with Crippen LogP contribution in [-0.2, 0) is 11.3 Å². The minimum Gasteiger partial charge on any atom is -0.496 e. The summed E-state index contributed by atoms with van der Waals surface area (Å²) in [6.07, 6.45) is 0. The molecule has 25 heavy (non-hydrogen) atoms. The Morgan fingerprint density at radius 3 is 2.68 bits per heavy atom. The molecule has 0 amide bonds. The van der Waals surface area contributed by atoms with Gasteiger partial charge in [0.15, 0.2) is 0 Å². The van der Waals surface area contributed by atoms with Crippen LogP contribution in [0.2, 0.25) is 5.02 Å². The van der Waals surface area contributed by atoms with E-state index >= 15 is 0 Å². The Hall–Kier alpha value is -1.60. The molecule has 2 heterocycles. The van der Waals surface area contributed by atoms with Gasteiger partial charge in [-0.05, 0) is 40.6 Å². The van der Waals surface area contributed by atoms with Crippen LogP contribution in [0.1, 0.15) is 17.2 Å². The molecule has 0 aliphatic carbocycles. The summed E-state index contributed by atoms with van der Waals surface area (Å²) in [6, 6.07) is 6.50. The highest BCUT2D eigenvalue weighted by Crippen LogP contribution is 2.33. The molecule has 0 radical (unpaired) electrons. The maximum absolute atomic E-state index is 12.0. The van der Waals surface area contributed by atoms with Crippen LogP contribution >= 0.6 is 22.9 Å². The maximum Gasteiger partial charge on any atom is 0.325 e. The lowest BCUT2D eigenvalue weighted by Crippen LogP contribution is -2.48. The van der Waals surface area contributed by atoms with Crippen LogP contribution in [0.3, 0.4) is 0 Å². The Kier molecular flexibility index (Phi) is 5.96. The van der Waals surface area contributed by atoms with Crippen LogP contribution in [0.15, 0.2) is 35.0 Å². The summed E-state index contributed by atoms with van der Waals surface area (Å²) >= 11 is 7.79. The molecule has 0 saturated carbocycles. The fourth-order valence-electron chi connectivity index (χ4n) is 3.23. The number of thiophene rings is 1. The van der Waals surface area contributed by atoms with Crippen molar-refractivity contribution in [2.45, 2.75) is 12.6 Å². The van der Waals surface area contributed by atoms with E-state index in [1.807, 2.05) is 4.90 Å². The second-order valence-electron chi connectivity index (χ2n) is 6.07. The zero-order valence-corrected chi connectivity index (χ0v) is 15.6. The molecule has 1 saturated heterocycles. The number of carboxylic acid groups (broad SMARTS) is 1. The predicted molar refractivity (Wildman–Crippen MR) is 99.5 cm³/mol. The summed E-state index contributed by atoms with van der Waals surface area (Å²) in [4.78, 5) is 16.3. The molecule has 134 valence electrons.